The minimum atomic E-state index is -0.752. The molecule has 1 atom stereocenters. The maximum atomic E-state index is 12.9. The summed E-state index contributed by atoms with van der Waals surface area (Å²) in [4.78, 5) is 30.7. The van der Waals surface area contributed by atoms with Gasteiger partial charge in [0.15, 0.2) is 0 Å². The highest BCUT2D eigenvalue weighted by molar-refractivity contribution is 8.00. The molecule has 0 unspecified atom stereocenters. The highest BCUT2D eigenvalue weighted by Gasteiger charge is 2.42. The summed E-state index contributed by atoms with van der Waals surface area (Å²) in [6.07, 6.45) is 1.70. The number of pyridine rings is 1. The number of rotatable bonds is 4. The molecule has 1 aliphatic carbocycles. The summed E-state index contributed by atoms with van der Waals surface area (Å²) in [5.74, 6) is -0.655. The number of amides is 2. The lowest BCUT2D eigenvalue weighted by Gasteiger charge is -2.17. The first kappa shape index (κ1) is 19.3. The van der Waals surface area contributed by atoms with Crippen molar-refractivity contribution < 1.29 is 9.59 Å². The van der Waals surface area contributed by atoms with E-state index in [9.17, 15) is 20.1 Å². The van der Waals surface area contributed by atoms with Crippen LogP contribution in [0.1, 0.15) is 41.9 Å². The zero-order valence-electron chi connectivity index (χ0n) is 15.1. The fourth-order valence-corrected chi connectivity index (χ4v) is 4.75. The number of aromatic nitrogens is 1. The Morgan fingerprint density at radius 2 is 1.86 bits per heavy atom. The molecule has 0 spiro atoms. The van der Waals surface area contributed by atoms with E-state index in [-0.39, 0.29) is 40.2 Å². The minimum absolute atomic E-state index is 0.0376. The van der Waals surface area contributed by atoms with Crippen molar-refractivity contribution in [2.75, 3.05) is 10.6 Å². The Morgan fingerprint density at radius 1 is 1.17 bits per heavy atom. The number of imide groups is 1. The summed E-state index contributed by atoms with van der Waals surface area (Å²) in [6.45, 7) is 0. The molecule has 1 saturated carbocycles. The number of hydrogen-bond donors (Lipinski definition) is 1. The van der Waals surface area contributed by atoms with Crippen molar-refractivity contribution in [3.05, 3.63) is 46.0 Å². The van der Waals surface area contributed by atoms with E-state index in [0.29, 0.717) is 16.3 Å². The fourth-order valence-electron chi connectivity index (χ4n) is 3.41. The monoisotopic (exact) mass is 423 g/mol. The maximum absolute atomic E-state index is 12.9. The van der Waals surface area contributed by atoms with Gasteiger partial charge in [-0.3, -0.25) is 9.59 Å². The van der Waals surface area contributed by atoms with E-state index in [1.54, 1.807) is 24.3 Å². The van der Waals surface area contributed by atoms with Gasteiger partial charge in [-0.05, 0) is 36.5 Å². The van der Waals surface area contributed by atoms with Crippen LogP contribution in [-0.4, -0.2) is 22.0 Å². The zero-order valence-corrected chi connectivity index (χ0v) is 16.6. The summed E-state index contributed by atoms with van der Waals surface area (Å²) in [5, 5.41) is 19.0. The average Bonchev–Trinajstić information content (AvgIpc) is 3.49. The fraction of sp³-hybridized carbons (Fsp3) is 0.250. The lowest BCUT2D eigenvalue weighted by molar-refractivity contribution is -0.121. The van der Waals surface area contributed by atoms with Gasteiger partial charge >= 0.3 is 0 Å². The molecule has 1 saturated heterocycles. The number of nitrogens with zero attached hydrogens (tertiary/aromatic N) is 4. The summed E-state index contributed by atoms with van der Waals surface area (Å²) in [7, 11) is 0. The van der Waals surface area contributed by atoms with Crippen LogP contribution in [0.2, 0.25) is 5.02 Å². The number of anilines is 2. The van der Waals surface area contributed by atoms with Crippen molar-refractivity contribution >= 4 is 46.7 Å². The first-order valence-electron chi connectivity index (χ1n) is 8.87. The molecule has 7 nitrogen and oxygen atoms in total. The van der Waals surface area contributed by atoms with E-state index >= 15 is 0 Å². The van der Waals surface area contributed by atoms with Crippen LogP contribution in [0.25, 0.3) is 0 Å². The number of benzene rings is 1. The Bertz CT molecular complexity index is 1130. The number of nitrogens with two attached hydrogens (primary N) is 1. The van der Waals surface area contributed by atoms with Gasteiger partial charge in [-0.1, -0.05) is 35.5 Å². The molecule has 4 rings (SSSR count). The number of carbonyl (C=O) groups excluding carboxylic acids is 2. The van der Waals surface area contributed by atoms with Crippen LogP contribution in [0, 0.1) is 22.7 Å². The van der Waals surface area contributed by atoms with E-state index in [1.165, 1.54) is 0 Å². The van der Waals surface area contributed by atoms with Gasteiger partial charge in [-0.15, -0.1) is 0 Å². The minimum Gasteiger partial charge on any atom is -0.383 e. The zero-order chi connectivity index (χ0) is 20.7. The average molecular weight is 424 g/mol. The van der Waals surface area contributed by atoms with Crippen molar-refractivity contribution in [3.8, 4) is 12.1 Å². The smallest absolute Gasteiger partial charge is 0.247 e. The number of thioether (sulfide) groups is 1. The molecule has 1 aliphatic heterocycles. The molecule has 1 aromatic carbocycles. The van der Waals surface area contributed by atoms with Crippen LogP contribution in [0.15, 0.2) is 29.3 Å². The quantitative estimate of drug-likeness (QED) is 0.747. The summed E-state index contributed by atoms with van der Waals surface area (Å²) in [6, 6.07) is 10.8. The number of halogens is 1. The molecule has 2 N–H and O–H groups in total. The Labute approximate surface area is 176 Å². The normalized spacial score (nSPS) is 18.6. The molecule has 29 heavy (non-hydrogen) atoms. The molecule has 1 aromatic heterocycles. The van der Waals surface area contributed by atoms with Gasteiger partial charge in [0.2, 0.25) is 11.8 Å². The van der Waals surface area contributed by atoms with Crippen LogP contribution in [0.5, 0.6) is 0 Å². The SMILES string of the molecule is N#Cc1c(N)nc(S[C@@H]2CC(=O)N(c3ccccc3Cl)C2=O)c(C#N)c1C1CC1. The van der Waals surface area contributed by atoms with Crippen molar-refractivity contribution in [2.24, 2.45) is 0 Å². The Balaban J connectivity index is 1.70. The van der Waals surface area contributed by atoms with Crippen LogP contribution in [0.3, 0.4) is 0 Å². The summed E-state index contributed by atoms with van der Waals surface area (Å²) in [5.41, 5.74) is 7.38. The predicted molar refractivity (Wildman–Crippen MR) is 108 cm³/mol. The van der Waals surface area contributed by atoms with Gasteiger partial charge in [0.25, 0.3) is 0 Å². The second-order valence-corrected chi connectivity index (χ2v) is 8.39. The third-order valence-corrected chi connectivity index (χ3v) is 6.38. The third kappa shape index (κ3) is 3.31. The van der Waals surface area contributed by atoms with Gasteiger partial charge in [-0.25, -0.2) is 9.88 Å². The number of carbonyl (C=O) groups is 2. The van der Waals surface area contributed by atoms with Crippen LogP contribution >= 0.6 is 23.4 Å². The molecular formula is C20H14ClN5O2S. The van der Waals surface area contributed by atoms with Crippen LogP contribution in [-0.2, 0) is 9.59 Å². The lowest BCUT2D eigenvalue weighted by Crippen LogP contribution is -2.31. The van der Waals surface area contributed by atoms with Crippen LogP contribution in [0.4, 0.5) is 11.5 Å². The number of nitrogen functional groups attached to an aromatic ring is 1. The maximum Gasteiger partial charge on any atom is 0.247 e. The number of nitriles is 2. The molecule has 0 bridgehead atoms. The molecule has 0 radical (unpaired) electrons. The highest BCUT2D eigenvalue weighted by atomic mass is 35.5. The van der Waals surface area contributed by atoms with Gasteiger partial charge in [-0.2, -0.15) is 10.5 Å². The second kappa shape index (κ2) is 7.40. The first-order valence-corrected chi connectivity index (χ1v) is 10.1. The second-order valence-electron chi connectivity index (χ2n) is 6.79. The van der Waals surface area contributed by atoms with Gasteiger partial charge in [0, 0.05) is 6.42 Å². The molecule has 144 valence electrons. The van der Waals surface area contributed by atoms with Gasteiger partial charge in [0.1, 0.15) is 23.0 Å². The van der Waals surface area contributed by atoms with E-state index < -0.39 is 11.2 Å². The highest BCUT2D eigenvalue weighted by Crippen LogP contribution is 2.47. The molecular weight excluding hydrogens is 410 g/mol. The molecule has 2 amide bonds. The standard InChI is InChI=1S/C20H14ClN5O2S/c21-13-3-1-2-4-14(13)26-16(27)7-15(20(26)28)29-19-12(9-23)17(10-5-6-10)11(8-22)18(24)25-19/h1-4,10,15H,5-7H2,(H2,24,25)/t15-/m1/s1. The van der Waals surface area contributed by atoms with Crippen molar-refractivity contribution in [3.63, 3.8) is 0 Å². The van der Waals surface area contributed by atoms with Crippen molar-refractivity contribution in [1.29, 1.82) is 10.5 Å². The molecule has 9 heteroatoms. The largest absolute Gasteiger partial charge is 0.383 e. The molecule has 2 heterocycles. The van der Waals surface area contributed by atoms with Gasteiger partial charge < -0.3 is 5.73 Å². The first-order chi connectivity index (χ1) is 14.0. The molecule has 2 fully saturated rings. The Morgan fingerprint density at radius 3 is 2.48 bits per heavy atom. The molecule has 2 aliphatic rings. The van der Waals surface area contributed by atoms with Crippen molar-refractivity contribution in [1.82, 2.24) is 4.98 Å². The summed E-state index contributed by atoms with van der Waals surface area (Å²) < 4.78 is 0. The third-order valence-electron chi connectivity index (χ3n) is 4.89. The van der Waals surface area contributed by atoms with E-state index in [2.05, 4.69) is 11.1 Å². The number of hydrogen-bond acceptors (Lipinski definition) is 7. The van der Waals surface area contributed by atoms with E-state index in [1.807, 2.05) is 6.07 Å². The van der Waals surface area contributed by atoms with E-state index in [0.717, 1.165) is 29.5 Å². The van der Waals surface area contributed by atoms with Crippen LogP contribution < -0.4 is 10.6 Å². The lowest BCUT2D eigenvalue weighted by atomic mass is 10.0. The Hall–Kier alpha value is -3.07. The number of para-hydroxylation sites is 1. The summed E-state index contributed by atoms with van der Waals surface area (Å²) >= 11 is 7.18. The topological polar surface area (TPSA) is 124 Å². The predicted octanol–water partition coefficient (Wildman–Crippen LogP) is 3.36. The van der Waals surface area contributed by atoms with Crippen molar-refractivity contribution in [2.45, 2.75) is 35.5 Å². The molecule has 2 aromatic rings. The van der Waals surface area contributed by atoms with Gasteiger partial charge in [0.05, 0.1) is 27.1 Å². The Kier molecular flexibility index (Phi) is 4.91. The van der Waals surface area contributed by atoms with E-state index in [4.69, 9.17) is 17.3 Å².